The van der Waals surface area contributed by atoms with E-state index in [1.807, 2.05) is 47.4 Å². The van der Waals surface area contributed by atoms with Gasteiger partial charge < -0.3 is 15.3 Å². The van der Waals surface area contributed by atoms with Gasteiger partial charge in [-0.25, -0.2) is 0 Å². The molecule has 2 aliphatic carbocycles. The molecule has 0 radical (unpaired) electrons. The fourth-order valence-corrected chi connectivity index (χ4v) is 4.83. The maximum atomic E-state index is 12.7. The molecule has 6 heteroatoms. The second-order valence-electron chi connectivity index (χ2n) is 7.91. The van der Waals surface area contributed by atoms with Crippen molar-refractivity contribution in [2.45, 2.75) is 19.4 Å². The zero-order chi connectivity index (χ0) is 19.0. The van der Waals surface area contributed by atoms with Crippen LogP contribution in [0.3, 0.4) is 0 Å². The molecule has 4 rings (SSSR count). The lowest BCUT2D eigenvalue weighted by Crippen LogP contribution is -2.42. The van der Waals surface area contributed by atoms with Crippen LogP contribution in [0.5, 0.6) is 0 Å². The average Bonchev–Trinajstić information content (AvgIpc) is 3.35. The van der Waals surface area contributed by atoms with Crippen molar-refractivity contribution in [1.82, 2.24) is 10.2 Å². The zero-order valence-electron chi connectivity index (χ0n) is 15.1. The van der Waals surface area contributed by atoms with E-state index >= 15 is 0 Å². The number of amides is 2. The summed E-state index contributed by atoms with van der Waals surface area (Å²) >= 11 is 0. The topological polar surface area (TPSA) is 86.7 Å². The van der Waals surface area contributed by atoms with Gasteiger partial charge in [-0.1, -0.05) is 42.5 Å². The van der Waals surface area contributed by atoms with Gasteiger partial charge >= 0.3 is 5.97 Å². The van der Waals surface area contributed by atoms with Gasteiger partial charge in [0.15, 0.2) is 0 Å². The maximum absolute atomic E-state index is 12.7. The summed E-state index contributed by atoms with van der Waals surface area (Å²) in [5, 5.41) is 12.4. The Labute approximate surface area is 158 Å². The first-order valence-corrected chi connectivity index (χ1v) is 9.53. The molecular weight excluding hydrogens is 344 g/mol. The van der Waals surface area contributed by atoms with Gasteiger partial charge in [0.1, 0.15) is 0 Å². The van der Waals surface area contributed by atoms with Crippen molar-refractivity contribution in [2.75, 3.05) is 13.1 Å². The molecular formula is C21H24N2O4. The van der Waals surface area contributed by atoms with Crippen LogP contribution in [0.25, 0.3) is 0 Å². The van der Waals surface area contributed by atoms with Gasteiger partial charge in [-0.05, 0) is 23.8 Å². The fraction of sp³-hybridized carbons (Fsp3) is 0.476. The first kappa shape index (κ1) is 17.8. The Morgan fingerprint density at radius 3 is 2.52 bits per heavy atom. The molecule has 2 bridgehead atoms. The van der Waals surface area contributed by atoms with E-state index in [2.05, 4.69) is 5.32 Å². The molecule has 2 N–H and O–H groups in total. The summed E-state index contributed by atoms with van der Waals surface area (Å²) in [6.07, 6.45) is 5.09. The Morgan fingerprint density at radius 2 is 1.81 bits per heavy atom. The molecule has 2 amide bonds. The third kappa shape index (κ3) is 3.48. The van der Waals surface area contributed by atoms with Crippen molar-refractivity contribution in [3.8, 4) is 0 Å². The number of carbonyl (C=O) groups excluding carboxylic acids is 2. The second kappa shape index (κ2) is 7.18. The largest absolute Gasteiger partial charge is 0.481 e. The van der Waals surface area contributed by atoms with Crippen LogP contribution in [0.4, 0.5) is 0 Å². The number of hydrogen-bond donors (Lipinski definition) is 2. The van der Waals surface area contributed by atoms with E-state index in [1.165, 1.54) is 0 Å². The second-order valence-corrected chi connectivity index (χ2v) is 7.91. The van der Waals surface area contributed by atoms with Crippen LogP contribution in [0.2, 0.25) is 0 Å². The predicted molar refractivity (Wildman–Crippen MR) is 98.3 cm³/mol. The van der Waals surface area contributed by atoms with Gasteiger partial charge in [0, 0.05) is 32.0 Å². The summed E-state index contributed by atoms with van der Waals surface area (Å²) in [5.41, 5.74) is 1.09. The van der Waals surface area contributed by atoms with Crippen LogP contribution in [0.15, 0.2) is 42.5 Å². The number of benzene rings is 1. The number of aliphatic carboxylic acids is 1. The number of nitrogens with zero attached hydrogens (tertiary/aromatic N) is 1. The van der Waals surface area contributed by atoms with Crippen molar-refractivity contribution >= 4 is 17.8 Å². The van der Waals surface area contributed by atoms with Crippen molar-refractivity contribution in [1.29, 1.82) is 0 Å². The lowest BCUT2D eigenvalue weighted by molar-refractivity contribution is -0.147. The molecule has 3 aliphatic rings. The molecule has 27 heavy (non-hydrogen) atoms. The molecule has 1 aromatic carbocycles. The van der Waals surface area contributed by atoms with Gasteiger partial charge in [-0.2, -0.15) is 0 Å². The lowest BCUT2D eigenvalue weighted by atomic mass is 9.82. The molecule has 5 atom stereocenters. The standard InChI is InChI=1S/C21H24N2O4/c24-17-8-14(12-23(17)11-13-4-2-1-3-5-13)10-22-20(25)18-15-6-7-16(9-15)19(18)21(26)27/h1-7,14-16,18-19H,8-12H2,(H,22,25)(H,26,27). The number of nitrogens with one attached hydrogen (secondary N) is 1. The monoisotopic (exact) mass is 368 g/mol. The molecule has 2 fully saturated rings. The van der Waals surface area contributed by atoms with Crippen LogP contribution in [0.1, 0.15) is 18.4 Å². The normalized spacial score (nSPS) is 31.5. The van der Waals surface area contributed by atoms with Gasteiger partial charge in [0.05, 0.1) is 11.8 Å². The summed E-state index contributed by atoms with van der Waals surface area (Å²) in [6, 6.07) is 9.85. The van der Waals surface area contributed by atoms with E-state index in [0.717, 1.165) is 12.0 Å². The van der Waals surface area contributed by atoms with Gasteiger partial charge in [0.2, 0.25) is 11.8 Å². The first-order chi connectivity index (χ1) is 13.0. The number of hydrogen-bond acceptors (Lipinski definition) is 3. The first-order valence-electron chi connectivity index (χ1n) is 9.53. The number of allylic oxidation sites excluding steroid dienone is 2. The number of rotatable bonds is 6. The highest BCUT2D eigenvalue weighted by molar-refractivity contribution is 5.87. The average molecular weight is 368 g/mol. The Balaban J connectivity index is 1.31. The van der Waals surface area contributed by atoms with Crippen molar-refractivity contribution in [3.63, 3.8) is 0 Å². The maximum Gasteiger partial charge on any atom is 0.307 e. The minimum Gasteiger partial charge on any atom is -0.481 e. The highest BCUT2D eigenvalue weighted by atomic mass is 16.4. The fourth-order valence-electron chi connectivity index (χ4n) is 4.83. The SMILES string of the molecule is O=C(O)C1C2C=CC(C2)C1C(=O)NCC1CC(=O)N(Cc2ccccc2)C1. The molecule has 0 aromatic heterocycles. The molecule has 1 aromatic rings. The summed E-state index contributed by atoms with van der Waals surface area (Å²) in [6.45, 7) is 1.62. The van der Waals surface area contributed by atoms with Gasteiger partial charge in [0.25, 0.3) is 0 Å². The number of carboxylic acid groups (broad SMARTS) is 1. The molecule has 1 saturated heterocycles. The quantitative estimate of drug-likeness (QED) is 0.748. The Bertz CT molecular complexity index is 776. The molecule has 1 aliphatic heterocycles. The van der Waals surface area contributed by atoms with Crippen LogP contribution >= 0.6 is 0 Å². The number of fused-ring (bicyclic) bond motifs is 2. The van der Waals surface area contributed by atoms with E-state index in [1.54, 1.807) is 0 Å². The van der Waals surface area contributed by atoms with Gasteiger partial charge in [-0.15, -0.1) is 0 Å². The lowest BCUT2D eigenvalue weighted by Gasteiger charge is -2.24. The summed E-state index contributed by atoms with van der Waals surface area (Å²) in [5.74, 6) is -2.03. The Kier molecular flexibility index (Phi) is 4.72. The summed E-state index contributed by atoms with van der Waals surface area (Å²) in [7, 11) is 0. The predicted octanol–water partition coefficient (Wildman–Crippen LogP) is 1.67. The van der Waals surface area contributed by atoms with E-state index in [-0.39, 0.29) is 29.6 Å². The minimum atomic E-state index is -0.892. The number of carboxylic acids is 1. The highest BCUT2D eigenvalue weighted by Crippen LogP contribution is 2.48. The molecule has 1 heterocycles. The Morgan fingerprint density at radius 1 is 1.11 bits per heavy atom. The van der Waals surface area contributed by atoms with Crippen molar-refractivity contribution in [3.05, 3.63) is 48.0 Å². The zero-order valence-corrected chi connectivity index (χ0v) is 15.1. The van der Waals surface area contributed by atoms with Crippen LogP contribution < -0.4 is 5.32 Å². The summed E-state index contributed by atoms with van der Waals surface area (Å²) in [4.78, 5) is 38.3. The highest BCUT2D eigenvalue weighted by Gasteiger charge is 2.51. The van der Waals surface area contributed by atoms with E-state index in [0.29, 0.717) is 26.1 Å². The molecule has 0 spiro atoms. The third-order valence-electron chi connectivity index (χ3n) is 6.12. The van der Waals surface area contributed by atoms with Crippen LogP contribution in [-0.2, 0) is 20.9 Å². The molecule has 5 unspecified atom stereocenters. The van der Waals surface area contributed by atoms with E-state index in [9.17, 15) is 19.5 Å². The minimum absolute atomic E-state index is 0.0240. The summed E-state index contributed by atoms with van der Waals surface area (Å²) < 4.78 is 0. The smallest absolute Gasteiger partial charge is 0.307 e. The van der Waals surface area contributed by atoms with E-state index in [4.69, 9.17) is 0 Å². The molecule has 1 saturated carbocycles. The Hall–Kier alpha value is -2.63. The van der Waals surface area contributed by atoms with Gasteiger partial charge in [-0.3, -0.25) is 14.4 Å². The number of likely N-dealkylation sites (tertiary alicyclic amines) is 1. The third-order valence-corrected chi connectivity index (χ3v) is 6.12. The van der Waals surface area contributed by atoms with Crippen LogP contribution in [-0.4, -0.2) is 40.9 Å². The number of carbonyl (C=O) groups is 3. The van der Waals surface area contributed by atoms with Crippen molar-refractivity contribution < 1.29 is 19.5 Å². The van der Waals surface area contributed by atoms with Crippen LogP contribution in [0, 0.1) is 29.6 Å². The molecule has 6 nitrogen and oxygen atoms in total. The van der Waals surface area contributed by atoms with E-state index < -0.39 is 17.8 Å². The van der Waals surface area contributed by atoms with Crippen molar-refractivity contribution in [2.24, 2.45) is 29.6 Å². The molecule has 142 valence electrons.